The van der Waals surface area contributed by atoms with E-state index in [0.29, 0.717) is 23.0 Å². The molecule has 1 unspecified atom stereocenters. The first kappa shape index (κ1) is 15.3. The highest BCUT2D eigenvalue weighted by atomic mass is 35.5. The van der Waals surface area contributed by atoms with Gasteiger partial charge in [0.25, 0.3) is 0 Å². The van der Waals surface area contributed by atoms with E-state index in [-0.39, 0.29) is 6.42 Å². The molecule has 1 rings (SSSR count). The van der Waals surface area contributed by atoms with Gasteiger partial charge in [-0.2, -0.15) is 18.3 Å². The average molecular weight is 284 g/mol. The monoisotopic (exact) mass is 283 g/mol. The quantitative estimate of drug-likeness (QED) is 0.900. The molecule has 0 fully saturated rings. The van der Waals surface area contributed by atoms with E-state index in [1.54, 1.807) is 11.6 Å². The Morgan fingerprint density at radius 3 is 2.50 bits per heavy atom. The summed E-state index contributed by atoms with van der Waals surface area (Å²) in [7, 11) is 1.52. The molecule has 0 aliphatic carbocycles. The molecule has 1 aromatic heterocycles. The summed E-state index contributed by atoms with van der Waals surface area (Å²) in [6.45, 7) is 4.21. The molecule has 0 saturated heterocycles. The Hall–Kier alpha value is -0.750. The molecule has 1 N–H and O–H groups in total. The van der Waals surface area contributed by atoms with Crippen molar-refractivity contribution >= 4 is 11.6 Å². The van der Waals surface area contributed by atoms with Crippen molar-refractivity contribution in [3.05, 3.63) is 16.4 Å². The average Bonchev–Trinajstić information content (AvgIpc) is 2.53. The van der Waals surface area contributed by atoms with Crippen molar-refractivity contribution in [2.24, 2.45) is 0 Å². The highest BCUT2D eigenvalue weighted by Crippen LogP contribution is 2.26. The van der Waals surface area contributed by atoms with Gasteiger partial charge in [-0.3, -0.25) is 4.68 Å². The number of halogens is 4. The molecule has 1 atom stereocenters. The topological polar surface area (TPSA) is 29.9 Å². The van der Waals surface area contributed by atoms with Crippen LogP contribution in [0, 0.1) is 6.92 Å². The van der Waals surface area contributed by atoms with Gasteiger partial charge < -0.3 is 5.32 Å². The molecule has 18 heavy (non-hydrogen) atoms. The zero-order valence-electron chi connectivity index (χ0n) is 10.6. The third kappa shape index (κ3) is 3.88. The van der Waals surface area contributed by atoms with Gasteiger partial charge in [0.15, 0.2) is 0 Å². The zero-order valence-corrected chi connectivity index (χ0v) is 11.4. The molecule has 1 heterocycles. The third-order valence-corrected chi connectivity index (χ3v) is 3.27. The predicted octanol–water partition coefficient (Wildman–Crippen LogP) is 2.95. The normalized spacial score (nSPS) is 13.9. The van der Waals surface area contributed by atoms with Crippen LogP contribution in [-0.4, -0.2) is 29.0 Å². The maximum absolute atomic E-state index is 12.4. The van der Waals surface area contributed by atoms with Crippen LogP contribution in [0.5, 0.6) is 0 Å². The van der Waals surface area contributed by atoms with Gasteiger partial charge in [0.2, 0.25) is 0 Å². The Labute approximate surface area is 109 Å². The first-order chi connectivity index (χ1) is 8.28. The van der Waals surface area contributed by atoms with Gasteiger partial charge in [-0.15, -0.1) is 0 Å². The van der Waals surface area contributed by atoms with E-state index >= 15 is 0 Å². The first-order valence-corrected chi connectivity index (χ1v) is 6.12. The lowest BCUT2D eigenvalue weighted by molar-refractivity contribution is -0.139. The lowest BCUT2D eigenvalue weighted by atomic mass is 10.1. The minimum Gasteiger partial charge on any atom is -0.316 e. The number of alkyl halides is 3. The highest BCUT2D eigenvalue weighted by molar-refractivity contribution is 6.31. The van der Waals surface area contributed by atoms with Crippen LogP contribution in [0.1, 0.15) is 24.7 Å². The van der Waals surface area contributed by atoms with Crippen LogP contribution < -0.4 is 5.32 Å². The molecule has 104 valence electrons. The van der Waals surface area contributed by atoms with E-state index in [2.05, 4.69) is 10.4 Å². The molecule has 3 nitrogen and oxygen atoms in total. The van der Waals surface area contributed by atoms with Crippen LogP contribution in [-0.2, 0) is 13.0 Å². The molecule has 1 aromatic rings. The summed E-state index contributed by atoms with van der Waals surface area (Å²) in [5.74, 6) is 0. The molecule has 0 amide bonds. The second-order valence-electron chi connectivity index (χ2n) is 4.17. The largest absolute Gasteiger partial charge is 0.390 e. The molecule has 0 aromatic carbocycles. The second kappa shape index (κ2) is 5.93. The smallest absolute Gasteiger partial charge is 0.316 e. The van der Waals surface area contributed by atoms with Gasteiger partial charge >= 0.3 is 6.18 Å². The fourth-order valence-electron chi connectivity index (χ4n) is 1.85. The summed E-state index contributed by atoms with van der Waals surface area (Å²) in [6.07, 6.45) is -4.86. The predicted molar refractivity (Wildman–Crippen MR) is 64.9 cm³/mol. The number of nitrogens with one attached hydrogen (secondary N) is 1. The summed E-state index contributed by atoms with van der Waals surface area (Å²) in [5, 5.41) is 7.32. The molecule has 7 heteroatoms. The number of hydrogen-bond donors (Lipinski definition) is 1. The molecule has 0 spiro atoms. The maximum Gasteiger partial charge on any atom is 0.390 e. The van der Waals surface area contributed by atoms with E-state index < -0.39 is 18.6 Å². The van der Waals surface area contributed by atoms with Gasteiger partial charge in [-0.1, -0.05) is 11.6 Å². The van der Waals surface area contributed by atoms with Gasteiger partial charge in [0, 0.05) is 19.0 Å². The Kier molecular flexibility index (Phi) is 5.04. The second-order valence-corrected chi connectivity index (χ2v) is 4.55. The number of aryl methyl sites for hydroxylation is 2. The summed E-state index contributed by atoms with van der Waals surface area (Å²) in [5.41, 5.74) is 1.30. The lowest BCUT2D eigenvalue weighted by Gasteiger charge is -2.18. The number of hydrogen-bond acceptors (Lipinski definition) is 2. The summed E-state index contributed by atoms with van der Waals surface area (Å²) >= 11 is 6.07. The fourth-order valence-corrected chi connectivity index (χ4v) is 2.07. The van der Waals surface area contributed by atoms with Gasteiger partial charge in [-0.05, 0) is 20.9 Å². The van der Waals surface area contributed by atoms with E-state index in [1.807, 2.05) is 6.92 Å². The van der Waals surface area contributed by atoms with Crippen molar-refractivity contribution in [3.8, 4) is 0 Å². The zero-order chi connectivity index (χ0) is 13.9. The standard InChI is InChI=1S/C11H17ClF3N3/c1-4-18-9(10(12)7(2)17-18)5-8(16-3)6-11(13,14)15/h8,16H,4-6H2,1-3H3. The number of rotatable bonds is 5. The number of aromatic nitrogens is 2. The minimum atomic E-state index is -4.19. The first-order valence-electron chi connectivity index (χ1n) is 5.74. The van der Waals surface area contributed by atoms with Crippen LogP contribution >= 0.6 is 11.6 Å². The van der Waals surface area contributed by atoms with Crippen molar-refractivity contribution in [3.63, 3.8) is 0 Å². The minimum absolute atomic E-state index is 0.212. The molecule has 0 aliphatic heterocycles. The van der Waals surface area contributed by atoms with Gasteiger partial charge in [-0.25, -0.2) is 0 Å². The maximum atomic E-state index is 12.4. The van der Waals surface area contributed by atoms with Crippen molar-refractivity contribution < 1.29 is 13.2 Å². The number of likely N-dealkylation sites (N-methyl/N-ethyl adjacent to an activating group) is 1. The summed E-state index contributed by atoms with van der Waals surface area (Å²) in [6, 6.07) is -0.691. The van der Waals surface area contributed by atoms with Crippen LogP contribution in [0.4, 0.5) is 13.2 Å². The van der Waals surface area contributed by atoms with Crippen molar-refractivity contribution in [1.29, 1.82) is 0 Å². The lowest BCUT2D eigenvalue weighted by Crippen LogP contribution is -2.33. The fraction of sp³-hybridized carbons (Fsp3) is 0.727. The van der Waals surface area contributed by atoms with E-state index in [9.17, 15) is 13.2 Å². The van der Waals surface area contributed by atoms with E-state index in [0.717, 1.165) is 0 Å². The van der Waals surface area contributed by atoms with Gasteiger partial charge in [0.1, 0.15) is 0 Å². The molecular weight excluding hydrogens is 267 g/mol. The molecule has 0 aliphatic rings. The van der Waals surface area contributed by atoms with E-state index in [1.165, 1.54) is 7.05 Å². The Bertz CT molecular complexity index is 401. The van der Waals surface area contributed by atoms with E-state index in [4.69, 9.17) is 11.6 Å². The van der Waals surface area contributed by atoms with Crippen molar-refractivity contribution in [2.75, 3.05) is 7.05 Å². The van der Waals surface area contributed by atoms with Crippen LogP contribution in [0.2, 0.25) is 5.02 Å². The van der Waals surface area contributed by atoms with Crippen molar-refractivity contribution in [1.82, 2.24) is 15.1 Å². The third-order valence-electron chi connectivity index (χ3n) is 2.78. The Morgan fingerprint density at radius 1 is 1.44 bits per heavy atom. The van der Waals surface area contributed by atoms with Crippen LogP contribution in [0.25, 0.3) is 0 Å². The molecule has 0 saturated carbocycles. The highest BCUT2D eigenvalue weighted by Gasteiger charge is 2.32. The number of nitrogens with zero attached hydrogens (tertiary/aromatic N) is 2. The Balaban J connectivity index is 2.88. The van der Waals surface area contributed by atoms with Crippen LogP contribution in [0.3, 0.4) is 0 Å². The SMILES string of the molecule is CCn1nc(C)c(Cl)c1CC(CC(F)(F)F)NC. The molecule has 0 radical (unpaired) electrons. The summed E-state index contributed by atoms with van der Waals surface area (Å²) < 4.78 is 38.8. The Morgan fingerprint density at radius 2 is 2.06 bits per heavy atom. The molecular formula is C11H17ClF3N3. The van der Waals surface area contributed by atoms with Gasteiger partial charge in [0.05, 0.1) is 22.8 Å². The van der Waals surface area contributed by atoms with Crippen molar-refractivity contribution in [2.45, 2.75) is 45.5 Å². The molecule has 0 bridgehead atoms. The van der Waals surface area contributed by atoms with Crippen LogP contribution in [0.15, 0.2) is 0 Å². The summed E-state index contributed by atoms with van der Waals surface area (Å²) in [4.78, 5) is 0.